The lowest BCUT2D eigenvalue weighted by molar-refractivity contribution is -0.153. The van der Waals surface area contributed by atoms with Crippen molar-refractivity contribution in [2.45, 2.75) is 39.7 Å². The van der Waals surface area contributed by atoms with Gasteiger partial charge in [0, 0.05) is 12.6 Å². The van der Waals surface area contributed by atoms with Crippen LogP contribution in [-0.2, 0) is 9.59 Å². The Morgan fingerprint density at radius 2 is 2.12 bits per heavy atom. The number of amides is 1. The Morgan fingerprint density at radius 3 is 2.65 bits per heavy atom. The molecule has 1 aliphatic heterocycles. The average Bonchev–Trinajstić information content (AvgIpc) is 2.72. The Labute approximate surface area is 102 Å². The molecule has 17 heavy (non-hydrogen) atoms. The van der Waals surface area contributed by atoms with Crippen molar-refractivity contribution < 1.29 is 14.7 Å². The molecule has 1 heterocycles. The minimum atomic E-state index is -1.35. The molecule has 5 nitrogen and oxygen atoms in total. The van der Waals surface area contributed by atoms with Gasteiger partial charge in [-0.05, 0) is 39.8 Å². The molecule has 1 aliphatic rings. The maximum atomic E-state index is 11.7. The maximum Gasteiger partial charge on any atom is 0.318 e. The lowest BCUT2D eigenvalue weighted by Crippen LogP contribution is -2.47. The highest BCUT2D eigenvalue weighted by atomic mass is 16.4. The van der Waals surface area contributed by atoms with E-state index >= 15 is 0 Å². The molecule has 1 fully saturated rings. The zero-order valence-corrected chi connectivity index (χ0v) is 10.8. The van der Waals surface area contributed by atoms with Crippen molar-refractivity contribution in [1.29, 1.82) is 0 Å². The largest absolute Gasteiger partial charge is 0.480 e. The molecule has 1 saturated heterocycles. The number of hydrogen-bond acceptors (Lipinski definition) is 3. The number of carbonyl (C=O) groups is 2. The second-order valence-corrected chi connectivity index (χ2v) is 5.06. The highest BCUT2D eigenvalue weighted by Gasteiger charge is 2.36. The molecule has 1 unspecified atom stereocenters. The van der Waals surface area contributed by atoms with Crippen LogP contribution in [0.3, 0.4) is 0 Å². The fraction of sp³-hybridized carbons (Fsp3) is 0.833. The Hall–Kier alpha value is -1.10. The van der Waals surface area contributed by atoms with Gasteiger partial charge in [0.15, 0.2) is 0 Å². The highest BCUT2D eigenvalue weighted by Crippen LogP contribution is 2.18. The third kappa shape index (κ3) is 3.19. The first-order chi connectivity index (χ1) is 7.89. The molecule has 1 atom stereocenters. The smallest absolute Gasteiger partial charge is 0.318 e. The molecule has 0 aromatic carbocycles. The van der Waals surface area contributed by atoms with Crippen LogP contribution in [-0.4, -0.2) is 47.6 Å². The van der Waals surface area contributed by atoms with E-state index in [1.54, 1.807) is 0 Å². The zero-order valence-electron chi connectivity index (χ0n) is 10.8. The Morgan fingerprint density at radius 1 is 1.47 bits per heavy atom. The van der Waals surface area contributed by atoms with Crippen molar-refractivity contribution in [3.8, 4) is 0 Å². The number of nitrogens with zero attached hydrogens (tertiary/aromatic N) is 1. The van der Waals surface area contributed by atoms with Gasteiger partial charge in [-0.25, -0.2) is 0 Å². The Bertz CT molecular complexity index is 302. The van der Waals surface area contributed by atoms with Crippen LogP contribution < -0.4 is 5.32 Å². The first-order valence-electron chi connectivity index (χ1n) is 6.15. The molecule has 5 heteroatoms. The van der Waals surface area contributed by atoms with Gasteiger partial charge in [-0.1, -0.05) is 6.92 Å². The van der Waals surface area contributed by atoms with E-state index in [0.717, 1.165) is 25.9 Å². The lowest BCUT2D eigenvalue weighted by Gasteiger charge is -2.25. The molecule has 0 aliphatic carbocycles. The summed E-state index contributed by atoms with van der Waals surface area (Å²) in [5, 5.41) is 11.7. The molecule has 1 rings (SSSR count). The molecule has 0 aromatic rings. The number of nitrogens with one attached hydrogen (secondary N) is 1. The maximum absolute atomic E-state index is 11.7. The summed E-state index contributed by atoms with van der Waals surface area (Å²) >= 11 is 0. The van der Waals surface area contributed by atoms with Crippen molar-refractivity contribution in [2.24, 2.45) is 5.41 Å². The summed E-state index contributed by atoms with van der Waals surface area (Å²) in [5.74, 6) is -1.50. The standard InChI is InChI=1S/C12H22N2O3/c1-4-14-7-5-6-9(14)8-13-10(15)12(2,3)11(16)17/h9H,4-8H2,1-3H3,(H,13,15)(H,16,17). The quantitative estimate of drug-likeness (QED) is 0.696. The van der Waals surface area contributed by atoms with E-state index in [0.29, 0.717) is 12.6 Å². The molecule has 0 radical (unpaired) electrons. The summed E-state index contributed by atoms with van der Waals surface area (Å²) in [7, 11) is 0. The average molecular weight is 242 g/mol. The minimum Gasteiger partial charge on any atom is -0.480 e. The van der Waals surface area contributed by atoms with E-state index in [1.165, 1.54) is 13.8 Å². The van der Waals surface area contributed by atoms with Crippen LogP contribution in [0.5, 0.6) is 0 Å². The summed E-state index contributed by atoms with van der Waals surface area (Å²) in [6.07, 6.45) is 2.22. The van der Waals surface area contributed by atoms with E-state index in [9.17, 15) is 9.59 Å². The SMILES string of the molecule is CCN1CCCC1CNC(=O)C(C)(C)C(=O)O. The Kier molecular flexibility index (Phi) is 4.51. The molecule has 0 spiro atoms. The van der Waals surface area contributed by atoms with Gasteiger partial charge < -0.3 is 10.4 Å². The number of likely N-dealkylation sites (tertiary alicyclic amines) is 1. The summed E-state index contributed by atoms with van der Waals surface area (Å²) in [4.78, 5) is 25.0. The number of carboxylic acid groups (broad SMARTS) is 1. The minimum absolute atomic E-state index is 0.355. The molecule has 98 valence electrons. The summed E-state index contributed by atoms with van der Waals surface area (Å²) < 4.78 is 0. The summed E-state index contributed by atoms with van der Waals surface area (Å²) in [6.45, 7) is 7.54. The van der Waals surface area contributed by atoms with Gasteiger partial charge in [0.1, 0.15) is 5.41 Å². The number of rotatable bonds is 5. The van der Waals surface area contributed by atoms with Crippen LogP contribution in [0, 0.1) is 5.41 Å². The van der Waals surface area contributed by atoms with Crippen LogP contribution in [0.4, 0.5) is 0 Å². The predicted molar refractivity (Wildman–Crippen MR) is 64.7 cm³/mol. The van der Waals surface area contributed by atoms with Crippen LogP contribution in [0.1, 0.15) is 33.6 Å². The van der Waals surface area contributed by atoms with Gasteiger partial charge in [0.2, 0.25) is 5.91 Å². The number of carboxylic acids is 1. The van der Waals surface area contributed by atoms with Gasteiger partial charge >= 0.3 is 5.97 Å². The first-order valence-corrected chi connectivity index (χ1v) is 6.15. The van der Waals surface area contributed by atoms with Crippen molar-refractivity contribution in [2.75, 3.05) is 19.6 Å². The third-order valence-corrected chi connectivity index (χ3v) is 3.51. The number of aliphatic carboxylic acids is 1. The van der Waals surface area contributed by atoms with E-state index in [1.807, 2.05) is 0 Å². The predicted octanol–water partition coefficient (Wildman–Crippen LogP) is 0.698. The highest BCUT2D eigenvalue weighted by molar-refractivity contribution is 6.00. The van der Waals surface area contributed by atoms with Gasteiger partial charge in [-0.2, -0.15) is 0 Å². The molecule has 1 amide bonds. The molecule has 2 N–H and O–H groups in total. The second kappa shape index (κ2) is 5.49. The normalized spacial score (nSPS) is 21.5. The van der Waals surface area contributed by atoms with Gasteiger partial charge in [0.25, 0.3) is 0 Å². The van der Waals surface area contributed by atoms with Gasteiger partial charge in [0.05, 0.1) is 0 Å². The van der Waals surface area contributed by atoms with Crippen LogP contribution in [0.25, 0.3) is 0 Å². The second-order valence-electron chi connectivity index (χ2n) is 5.06. The summed E-state index contributed by atoms with van der Waals surface area (Å²) in [6, 6.07) is 0.355. The Balaban J connectivity index is 2.45. The van der Waals surface area contributed by atoms with Crippen LogP contribution in [0.2, 0.25) is 0 Å². The van der Waals surface area contributed by atoms with Crippen molar-refractivity contribution >= 4 is 11.9 Å². The fourth-order valence-corrected chi connectivity index (χ4v) is 2.07. The third-order valence-electron chi connectivity index (χ3n) is 3.51. The van der Waals surface area contributed by atoms with Gasteiger partial charge in [-0.3, -0.25) is 14.5 Å². The van der Waals surface area contributed by atoms with Crippen LogP contribution >= 0.6 is 0 Å². The number of hydrogen-bond donors (Lipinski definition) is 2. The van der Waals surface area contributed by atoms with Crippen molar-refractivity contribution in [1.82, 2.24) is 10.2 Å². The molecule has 0 saturated carbocycles. The first kappa shape index (κ1) is 14.0. The fourth-order valence-electron chi connectivity index (χ4n) is 2.07. The number of carbonyl (C=O) groups excluding carboxylic acids is 1. The van der Waals surface area contributed by atoms with E-state index in [4.69, 9.17) is 5.11 Å². The number of likely N-dealkylation sites (N-methyl/N-ethyl adjacent to an activating group) is 1. The van der Waals surface area contributed by atoms with E-state index < -0.39 is 17.3 Å². The molecule has 0 bridgehead atoms. The zero-order chi connectivity index (χ0) is 13.1. The van der Waals surface area contributed by atoms with E-state index in [-0.39, 0.29) is 0 Å². The monoisotopic (exact) mass is 242 g/mol. The van der Waals surface area contributed by atoms with Crippen molar-refractivity contribution in [3.05, 3.63) is 0 Å². The van der Waals surface area contributed by atoms with Crippen molar-refractivity contribution in [3.63, 3.8) is 0 Å². The lowest BCUT2D eigenvalue weighted by atomic mass is 9.92. The summed E-state index contributed by atoms with van der Waals surface area (Å²) in [5.41, 5.74) is -1.35. The van der Waals surface area contributed by atoms with Gasteiger partial charge in [-0.15, -0.1) is 0 Å². The molecular formula is C12H22N2O3. The van der Waals surface area contributed by atoms with Crippen LogP contribution in [0.15, 0.2) is 0 Å². The molecular weight excluding hydrogens is 220 g/mol. The van der Waals surface area contributed by atoms with E-state index in [2.05, 4.69) is 17.1 Å². The topological polar surface area (TPSA) is 69.6 Å². The molecule has 0 aromatic heterocycles.